The largest absolute Gasteiger partial charge is 0.451 e. The first-order valence-electron chi connectivity index (χ1n) is 8.88. The first kappa shape index (κ1) is 22.9. The summed E-state index contributed by atoms with van der Waals surface area (Å²) in [5.74, 6) is -4.14. The normalized spacial score (nSPS) is 13.9. The van der Waals surface area contributed by atoms with E-state index in [-0.39, 0.29) is 42.3 Å². The Morgan fingerprint density at radius 2 is 1.74 bits per heavy atom. The molecule has 0 saturated carbocycles. The summed E-state index contributed by atoms with van der Waals surface area (Å²) in [4.78, 5) is 6.95. The van der Waals surface area contributed by atoms with E-state index < -0.39 is 35.5 Å². The molecule has 0 radical (unpaired) electrons. The van der Waals surface area contributed by atoms with Gasteiger partial charge in [-0.15, -0.1) is 22.6 Å². The average Bonchev–Trinajstić information content (AvgIpc) is 3.08. The average molecular weight is 465 g/mol. The Balaban J connectivity index is 0.00000272. The summed E-state index contributed by atoms with van der Waals surface area (Å²) in [6.07, 6.45) is -3.20. The van der Waals surface area contributed by atoms with Gasteiger partial charge in [-0.05, 0) is 24.5 Å². The summed E-state index contributed by atoms with van der Waals surface area (Å²) >= 11 is 0. The third-order valence-electron chi connectivity index (χ3n) is 4.78. The van der Waals surface area contributed by atoms with Crippen LogP contribution in [0.25, 0.3) is 11.5 Å². The first-order chi connectivity index (χ1) is 14.1. The van der Waals surface area contributed by atoms with E-state index in [0.717, 1.165) is 12.3 Å². The lowest BCUT2D eigenvalue weighted by atomic mass is 10.0. The highest BCUT2D eigenvalue weighted by Gasteiger charge is 2.36. The number of aromatic nitrogens is 5. The number of halogens is 7. The summed E-state index contributed by atoms with van der Waals surface area (Å²) in [6, 6.07) is 0.482. The van der Waals surface area contributed by atoms with Gasteiger partial charge in [0.05, 0.1) is 0 Å². The molecule has 1 aromatic carbocycles. The van der Waals surface area contributed by atoms with Crippen molar-refractivity contribution in [1.82, 2.24) is 24.7 Å². The smallest absolute Gasteiger partial charge is 0.327 e. The van der Waals surface area contributed by atoms with Crippen molar-refractivity contribution in [3.8, 4) is 11.5 Å². The summed E-state index contributed by atoms with van der Waals surface area (Å²) in [5, 5.41) is 7.93. The minimum atomic E-state index is -4.70. The number of nitrogens with two attached hydrogens (primary N) is 1. The van der Waals surface area contributed by atoms with Crippen molar-refractivity contribution >= 4 is 12.4 Å². The molecule has 1 aliphatic heterocycles. The Morgan fingerprint density at radius 3 is 2.45 bits per heavy atom. The van der Waals surface area contributed by atoms with Gasteiger partial charge in [0.2, 0.25) is 5.82 Å². The molecule has 0 amide bonds. The molecule has 0 bridgehead atoms. The van der Waals surface area contributed by atoms with Crippen LogP contribution in [-0.4, -0.2) is 30.8 Å². The second-order valence-corrected chi connectivity index (χ2v) is 6.93. The fourth-order valence-corrected chi connectivity index (χ4v) is 3.36. The highest BCUT2D eigenvalue weighted by molar-refractivity contribution is 5.85. The summed E-state index contributed by atoms with van der Waals surface area (Å²) in [6.45, 7) is 0.381. The van der Waals surface area contributed by atoms with Crippen molar-refractivity contribution in [3.05, 3.63) is 58.6 Å². The van der Waals surface area contributed by atoms with Crippen LogP contribution in [0, 0.1) is 17.5 Å². The highest BCUT2D eigenvalue weighted by Crippen LogP contribution is 2.31. The molecular formula is C18H15ClF6N6. The molecule has 0 fully saturated rings. The van der Waals surface area contributed by atoms with E-state index in [4.69, 9.17) is 5.73 Å². The quantitative estimate of drug-likeness (QED) is 0.473. The van der Waals surface area contributed by atoms with Gasteiger partial charge in [-0.25, -0.2) is 23.1 Å². The standard InChI is InChI=1S/C18H14F6N6.ClH/c19-11-6-13(21)12(20)4-9(11)3-10(25)5-14-28-29-16-15-8(1-2-30(14)16)7-26-17(27-15)18(22,23)24;/h4,6-7,10H,1-3,5,25H2;1H/t10-;/m1./s1. The van der Waals surface area contributed by atoms with Crippen LogP contribution in [0.5, 0.6) is 0 Å². The summed E-state index contributed by atoms with van der Waals surface area (Å²) in [7, 11) is 0. The van der Waals surface area contributed by atoms with E-state index >= 15 is 0 Å². The lowest BCUT2D eigenvalue weighted by Gasteiger charge is -2.19. The minimum absolute atomic E-state index is 0. The molecule has 0 unspecified atom stereocenters. The van der Waals surface area contributed by atoms with Gasteiger partial charge in [-0.2, -0.15) is 13.2 Å². The first-order valence-corrected chi connectivity index (χ1v) is 8.88. The van der Waals surface area contributed by atoms with Crippen molar-refractivity contribution in [2.75, 3.05) is 0 Å². The maximum atomic E-state index is 13.8. The molecule has 3 heterocycles. The van der Waals surface area contributed by atoms with Crippen LogP contribution < -0.4 is 5.73 Å². The Labute approximate surface area is 177 Å². The second kappa shape index (κ2) is 8.42. The molecule has 3 aromatic rings. The number of benzene rings is 1. The van der Waals surface area contributed by atoms with Gasteiger partial charge in [0.1, 0.15) is 17.3 Å². The molecule has 4 rings (SSSR count). The van der Waals surface area contributed by atoms with Crippen LogP contribution in [0.3, 0.4) is 0 Å². The van der Waals surface area contributed by atoms with Crippen molar-refractivity contribution in [3.63, 3.8) is 0 Å². The van der Waals surface area contributed by atoms with E-state index in [2.05, 4.69) is 20.2 Å². The molecule has 6 nitrogen and oxygen atoms in total. The molecule has 0 saturated heterocycles. The molecule has 13 heteroatoms. The van der Waals surface area contributed by atoms with Crippen molar-refractivity contribution in [1.29, 1.82) is 0 Å². The monoisotopic (exact) mass is 464 g/mol. The predicted octanol–water partition coefficient (Wildman–Crippen LogP) is 3.26. The van der Waals surface area contributed by atoms with E-state index in [9.17, 15) is 26.3 Å². The zero-order chi connectivity index (χ0) is 21.6. The van der Waals surface area contributed by atoms with Gasteiger partial charge in [0.15, 0.2) is 17.5 Å². The van der Waals surface area contributed by atoms with Crippen LogP contribution >= 0.6 is 12.4 Å². The van der Waals surface area contributed by atoms with Gasteiger partial charge in [0, 0.05) is 36.8 Å². The second-order valence-electron chi connectivity index (χ2n) is 6.93. The molecule has 0 spiro atoms. The third kappa shape index (κ3) is 4.49. The fraction of sp³-hybridized carbons (Fsp3) is 0.333. The fourth-order valence-electron chi connectivity index (χ4n) is 3.36. The topological polar surface area (TPSA) is 82.5 Å². The molecule has 31 heavy (non-hydrogen) atoms. The zero-order valence-corrected chi connectivity index (χ0v) is 16.4. The van der Waals surface area contributed by atoms with E-state index in [0.29, 0.717) is 30.4 Å². The number of rotatable bonds is 4. The number of aryl methyl sites for hydroxylation is 1. The molecule has 0 aliphatic carbocycles. The molecule has 2 N–H and O–H groups in total. The minimum Gasteiger partial charge on any atom is -0.327 e. The van der Waals surface area contributed by atoms with E-state index in [1.165, 1.54) is 0 Å². The highest BCUT2D eigenvalue weighted by atomic mass is 35.5. The zero-order valence-electron chi connectivity index (χ0n) is 15.6. The van der Waals surface area contributed by atoms with Gasteiger partial charge in [0.25, 0.3) is 0 Å². The van der Waals surface area contributed by atoms with E-state index in [1.807, 2.05) is 0 Å². The maximum Gasteiger partial charge on any atom is 0.451 e. The lowest BCUT2D eigenvalue weighted by Crippen LogP contribution is -2.28. The van der Waals surface area contributed by atoms with Crippen LogP contribution in [-0.2, 0) is 32.0 Å². The lowest BCUT2D eigenvalue weighted by molar-refractivity contribution is -0.144. The van der Waals surface area contributed by atoms with Crippen LogP contribution in [0.2, 0.25) is 0 Å². The molecule has 166 valence electrons. The molecular weight excluding hydrogens is 450 g/mol. The summed E-state index contributed by atoms with van der Waals surface area (Å²) < 4.78 is 80.7. The SMILES string of the molecule is Cl.N[C@H](Cc1cc(F)c(F)cc1F)Cc1nnc2n1CCc1cnc(C(F)(F)F)nc1-2. The van der Waals surface area contributed by atoms with Gasteiger partial charge >= 0.3 is 6.18 Å². The van der Waals surface area contributed by atoms with Crippen molar-refractivity contribution in [2.45, 2.75) is 38.0 Å². The summed E-state index contributed by atoms with van der Waals surface area (Å²) in [5.41, 5.74) is 6.49. The van der Waals surface area contributed by atoms with Gasteiger partial charge in [-0.3, -0.25) is 0 Å². The Morgan fingerprint density at radius 1 is 1.03 bits per heavy atom. The van der Waals surface area contributed by atoms with Crippen molar-refractivity contribution < 1.29 is 26.3 Å². The van der Waals surface area contributed by atoms with E-state index in [1.54, 1.807) is 4.57 Å². The third-order valence-corrected chi connectivity index (χ3v) is 4.78. The van der Waals surface area contributed by atoms with Crippen LogP contribution in [0.1, 0.15) is 22.8 Å². The predicted molar refractivity (Wildman–Crippen MR) is 98.7 cm³/mol. The maximum absolute atomic E-state index is 13.8. The Kier molecular flexibility index (Phi) is 6.23. The Bertz CT molecular complexity index is 1120. The number of hydrogen-bond donors (Lipinski definition) is 1. The molecule has 1 atom stereocenters. The molecule has 2 aromatic heterocycles. The van der Waals surface area contributed by atoms with Crippen LogP contribution in [0.15, 0.2) is 18.3 Å². The Hall–Kier alpha value is -2.73. The molecule has 1 aliphatic rings. The number of fused-ring (bicyclic) bond motifs is 3. The number of alkyl halides is 3. The van der Waals surface area contributed by atoms with Gasteiger partial charge in [-0.1, -0.05) is 0 Å². The number of nitrogens with zero attached hydrogens (tertiary/aromatic N) is 5. The van der Waals surface area contributed by atoms with Gasteiger partial charge < -0.3 is 10.3 Å². The number of hydrogen-bond acceptors (Lipinski definition) is 5. The van der Waals surface area contributed by atoms with Crippen molar-refractivity contribution in [2.24, 2.45) is 5.73 Å². The van der Waals surface area contributed by atoms with Crippen LogP contribution in [0.4, 0.5) is 26.3 Å².